The summed E-state index contributed by atoms with van der Waals surface area (Å²) in [6.45, 7) is 4.46. The van der Waals surface area contributed by atoms with E-state index in [1.807, 2.05) is 32.0 Å². The van der Waals surface area contributed by atoms with Gasteiger partial charge in [0.25, 0.3) is 6.43 Å². The van der Waals surface area contributed by atoms with Crippen molar-refractivity contribution in [3.8, 4) is 6.01 Å². The molecule has 0 amide bonds. The maximum absolute atomic E-state index is 14.9. The molecule has 1 aromatic carbocycles. The van der Waals surface area contributed by atoms with Gasteiger partial charge in [0.1, 0.15) is 28.1 Å². The molecule has 0 spiro atoms. The first-order chi connectivity index (χ1) is 17.9. The Labute approximate surface area is 220 Å². The number of ether oxygens (including phenoxy) is 1. The second kappa shape index (κ2) is 11.4. The molecule has 38 heavy (non-hydrogen) atoms. The van der Waals surface area contributed by atoms with Crippen molar-refractivity contribution in [3.05, 3.63) is 52.5 Å². The van der Waals surface area contributed by atoms with Crippen molar-refractivity contribution in [3.63, 3.8) is 0 Å². The number of likely N-dealkylation sites (N-methyl/N-ethyl adjacent to an activating group) is 1. The molecule has 3 aromatic rings. The number of sulfone groups is 1. The number of aryl methyl sites for hydroxylation is 1. The molecule has 1 atom stereocenters. The van der Waals surface area contributed by atoms with Crippen molar-refractivity contribution in [1.29, 1.82) is 0 Å². The minimum Gasteiger partial charge on any atom is -0.462 e. The number of nitrogens with zero attached hydrogens (tertiary/aromatic N) is 4. The zero-order valence-corrected chi connectivity index (χ0v) is 22.7. The van der Waals surface area contributed by atoms with Crippen LogP contribution in [0.25, 0.3) is 11.0 Å². The Kier molecular flexibility index (Phi) is 8.41. The molecule has 1 N–H and O–H groups in total. The number of halogens is 3. The Bertz CT molecular complexity index is 1400. The van der Waals surface area contributed by atoms with E-state index in [-0.39, 0.29) is 29.0 Å². The monoisotopic (exact) mass is 551 g/mol. The van der Waals surface area contributed by atoms with E-state index in [1.165, 1.54) is 12.1 Å². The van der Waals surface area contributed by atoms with Crippen molar-refractivity contribution >= 4 is 26.7 Å². The number of alkyl halides is 2. The molecule has 12 heteroatoms. The molecule has 3 heterocycles. The lowest BCUT2D eigenvalue weighted by molar-refractivity contribution is 0.146. The van der Waals surface area contributed by atoms with Gasteiger partial charge in [-0.05, 0) is 58.3 Å². The second-order valence-corrected chi connectivity index (χ2v) is 12.2. The van der Waals surface area contributed by atoms with Gasteiger partial charge in [0.05, 0.1) is 28.5 Å². The lowest BCUT2D eigenvalue weighted by Gasteiger charge is -2.24. The van der Waals surface area contributed by atoms with Crippen LogP contribution in [0.3, 0.4) is 0 Å². The van der Waals surface area contributed by atoms with Crippen LogP contribution < -0.4 is 10.1 Å². The minimum absolute atomic E-state index is 0.0110. The van der Waals surface area contributed by atoms with Crippen molar-refractivity contribution in [2.75, 3.05) is 44.1 Å². The van der Waals surface area contributed by atoms with Gasteiger partial charge in [0, 0.05) is 17.8 Å². The van der Waals surface area contributed by atoms with Gasteiger partial charge in [-0.2, -0.15) is 9.97 Å². The second-order valence-electron chi connectivity index (χ2n) is 9.88. The number of fused-ring (bicyclic) bond motifs is 1. The molecule has 0 bridgehead atoms. The van der Waals surface area contributed by atoms with Gasteiger partial charge in [-0.1, -0.05) is 18.2 Å². The average Bonchev–Trinajstić information content (AvgIpc) is 2.83. The highest BCUT2D eigenvalue weighted by Crippen LogP contribution is 2.35. The van der Waals surface area contributed by atoms with Crippen molar-refractivity contribution < 1.29 is 26.3 Å². The lowest BCUT2D eigenvalue weighted by atomic mass is 9.91. The summed E-state index contributed by atoms with van der Waals surface area (Å²) in [4.78, 5) is 15.6. The quantitative estimate of drug-likeness (QED) is 0.405. The molecule has 2 aromatic heterocycles. The molecule has 0 radical (unpaired) electrons. The zero-order valence-electron chi connectivity index (χ0n) is 21.8. The molecular formula is C26H32F3N5O3S. The third kappa shape index (κ3) is 6.35. The summed E-state index contributed by atoms with van der Waals surface area (Å²) in [5.74, 6) is -0.405. The highest BCUT2D eigenvalue weighted by Gasteiger charge is 2.27. The summed E-state index contributed by atoms with van der Waals surface area (Å²) in [5, 5.41) is 3.70. The number of nitrogens with one attached hydrogen (secondary N) is 1. The van der Waals surface area contributed by atoms with Gasteiger partial charge in [0.2, 0.25) is 0 Å². The fourth-order valence-corrected chi connectivity index (χ4v) is 6.09. The van der Waals surface area contributed by atoms with Gasteiger partial charge >= 0.3 is 6.01 Å². The van der Waals surface area contributed by atoms with E-state index in [1.54, 1.807) is 6.92 Å². The Morgan fingerprint density at radius 2 is 1.82 bits per heavy atom. The molecule has 1 aliphatic rings. The van der Waals surface area contributed by atoms with E-state index in [2.05, 4.69) is 20.3 Å². The van der Waals surface area contributed by atoms with E-state index in [9.17, 15) is 21.6 Å². The van der Waals surface area contributed by atoms with Crippen LogP contribution in [0.5, 0.6) is 6.01 Å². The first-order valence-electron chi connectivity index (χ1n) is 12.5. The molecule has 1 aliphatic heterocycles. The van der Waals surface area contributed by atoms with Crippen LogP contribution >= 0.6 is 0 Å². The zero-order chi connectivity index (χ0) is 27.6. The molecule has 4 rings (SSSR count). The van der Waals surface area contributed by atoms with Crippen LogP contribution in [0.15, 0.2) is 24.3 Å². The first-order valence-corrected chi connectivity index (χ1v) is 14.3. The molecule has 0 saturated carbocycles. The fourth-order valence-electron chi connectivity index (χ4n) is 4.60. The summed E-state index contributed by atoms with van der Waals surface area (Å²) >= 11 is 0. The van der Waals surface area contributed by atoms with Crippen LogP contribution in [0, 0.1) is 12.7 Å². The molecule has 0 aliphatic carbocycles. The van der Waals surface area contributed by atoms with Gasteiger partial charge in [-0.3, -0.25) is 0 Å². The van der Waals surface area contributed by atoms with Gasteiger partial charge in [-0.15, -0.1) is 0 Å². The molecule has 1 fully saturated rings. The molecule has 1 saturated heterocycles. The maximum Gasteiger partial charge on any atom is 0.320 e. The topological polar surface area (TPSA) is 97.3 Å². The predicted octanol–water partition coefficient (Wildman–Crippen LogP) is 4.82. The van der Waals surface area contributed by atoms with Crippen molar-refractivity contribution in [2.45, 2.75) is 45.1 Å². The van der Waals surface area contributed by atoms with E-state index in [0.717, 1.165) is 17.3 Å². The van der Waals surface area contributed by atoms with Crippen LogP contribution in [-0.4, -0.2) is 67.0 Å². The maximum atomic E-state index is 14.9. The molecular weight excluding hydrogens is 519 g/mol. The standard InChI is InChI=1S/C26H32F3N5O3S/c1-15(18-6-5-7-19(22(18)27)23(28)29)30-24-21-14-20(17-8-12-38(35,36)13-9-17)16(2)31-25(21)33-26(32-24)37-11-10-34(3)4/h5-7,14-15,17,23H,8-13H2,1-4H3,(H,30,31,32,33)/t15-/m1/s1. The molecule has 206 valence electrons. The van der Waals surface area contributed by atoms with Gasteiger partial charge < -0.3 is 15.0 Å². The van der Waals surface area contributed by atoms with Crippen LogP contribution in [-0.2, 0) is 9.84 Å². The normalized spacial score (nSPS) is 16.8. The van der Waals surface area contributed by atoms with E-state index in [4.69, 9.17) is 4.74 Å². The summed E-state index contributed by atoms with van der Waals surface area (Å²) in [7, 11) is 0.779. The van der Waals surface area contributed by atoms with Gasteiger partial charge in [0.15, 0.2) is 5.65 Å². The van der Waals surface area contributed by atoms with Gasteiger partial charge in [-0.25, -0.2) is 26.6 Å². The molecule has 0 unspecified atom stereocenters. The van der Waals surface area contributed by atoms with Crippen molar-refractivity contribution in [2.24, 2.45) is 0 Å². The third-order valence-corrected chi connectivity index (χ3v) is 8.49. The summed E-state index contributed by atoms with van der Waals surface area (Å²) in [6, 6.07) is 5.17. The SMILES string of the molecule is Cc1nc2nc(OCCN(C)C)nc(N[C@H](C)c3cccc(C(F)F)c3F)c2cc1C1CCS(=O)(=O)CC1. The van der Waals surface area contributed by atoms with E-state index in [0.29, 0.717) is 42.8 Å². The largest absolute Gasteiger partial charge is 0.462 e. The fraction of sp³-hybridized carbons (Fsp3) is 0.500. The predicted molar refractivity (Wildman–Crippen MR) is 140 cm³/mol. The van der Waals surface area contributed by atoms with Crippen LogP contribution in [0.4, 0.5) is 19.0 Å². The average molecular weight is 552 g/mol. The highest BCUT2D eigenvalue weighted by atomic mass is 32.2. The number of hydrogen-bond acceptors (Lipinski definition) is 8. The number of aromatic nitrogens is 3. The number of rotatable bonds is 9. The van der Waals surface area contributed by atoms with E-state index >= 15 is 0 Å². The minimum atomic E-state index is -3.03. The van der Waals surface area contributed by atoms with Crippen molar-refractivity contribution in [1.82, 2.24) is 19.9 Å². The molecule has 8 nitrogen and oxygen atoms in total. The van der Waals surface area contributed by atoms with Crippen LogP contribution in [0.1, 0.15) is 60.5 Å². The highest BCUT2D eigenvalue weighted by molar-refractivity contribution is 7.91. The summed E-state index contributed by atoms with van der Waals surface area (Å²) in [5.41, 5.74) is 1.40. The van der Waals surface area contributed by atoms with Crippen LogP contribution in [0.2, 0.25) is 0 Å². The number of anilines is 1. The Hall–Kier alpha value is -2.99. The third-order valence-electron chi connectivity index (χ3n) is 6.77. The Morgan fingerprint density at radius 1 is 1.13 bits per heavy atom. The number of hydrogen-bond donors (Lipinski definition) is 1. The number of pyridine rings is 1. The summed E-state index contributed by atoms with van der Waals surface area (Å²) < 4.78 is 71.1. The van der Waals surface area contributed by atoms with E-state index < -0.39 is 33.7 Å². The lowest BCUT2D eigenvalue weighted by Crippen LogP contribution is -2.23. The Balaban J connectivity index is 1.74. The Morgan fingerprint density at radius 3 is 2.47 bits per heavy atom. The first kappa shape index (κ1) is 28.0. The number of benzene rings is 1. The smallest absolute Gasteiger partial charge is 0.320 e. The summed E-state index contributed by atoms with van der Waals surface area (Å²) in [6.07, 6.45) is -1.95.